The van der Waals surface area contributed by atoms with Gasteiger partial charge in [-0.1, -0.05) is 6.92 Å². The highest BCUT2D eigenvalue weighted by Gasteiger charge is 2.02. The summed E-state index contributed by atoms with van der Waals surface area (Å²) < 4.78 is 0. The molecule has 0 spiro atoms. The maximum absolute atomic E-state index is 10.9. The molecule has 0 aliphatic rings. The fourth-order valence-electron chi connectivity index (χ4n) is 1.57. The number of hydrogen-bond acceptors (Lipinski definition) is 2. The summed E-state index contributed by atoms with van der Waals surface area (Å²) in [4.78, 5) is 17.7. The SMILES string of the molecule is CCc1cnccc1-c1ccc(=O)[nH]c1. The molecule has 0 aromatic carbocycles. The van der Waals surface area contributed by atoms with Crippen LogP contribution in [-0.2, 0) is 6.42 Å². The van der Waals surface area contributed by atoms with Crippen molar-refractivity contribution in [1.29, 1.82) is 0 Å². The van der Waals surface area contributed by atoms with E-state index in [0.717, 1.165) is 17.5 Å². The maximum atomic E-state index is 10.9. The van der Waals surface area contributed by atoms with Gasteiger partial charge in [0, 0.05) is 24.7 Å². The van der Waals surface area contributed by atoms with Gasteiger partial charge in [-0.3, -0.25) is 9.78 Å². The van der Waals surface area contributed by atoms with Gasteiger partial charge >= 0.3 is 0 Å². The fourth-order valence-corrected chi connectivity index (χ4v) is 1.57. The Labute approximate surface area is 87.8 Å². The van der Waals surface area contributed by atoms with Crippen molar-refractivity contribution in [3.05, 3.63) is 52.7 Å². The van der Waals surface area contributed by atoms with Crippen molar-refractivity contribution in [3.8, 4) is 11.1 Å². The molecule has 0 radical (unpaired) electrons. The summed E-state index contributed by atoms with van der Waals surface area (Å²) in [6.07, 6.45) is 6.29. The average molecular weight is 200 g/mol. The molecular weight excluding hydrogens is 188 g/mol. The molecule has 2 rings (SSSR count). The van der Waals surface area contributed by atoms with Gasteiger partial charge in [0.05, 0.1) is 0 Å². The van der Waals surface area contributed by atoms with Gasteiger partial charge in [-0.2, -0.15) is 0 Å². The van der Waals surface area contributed by atoms with Crippen molar-refractivity contribution < 1.29 is 0 Å². The minimum absolute atomic E-state index is 0.0779. The van der Waals surface area contributed by atoms with Crippen LogP contribution in [0, 0.1) is 0 Å². The Morgan fingerprint density at radius 3 is 2.87 bits per heavy atom. The lowest BCUT2D eigenvalue weighted by Crippen LogP contribution is -2.02. The van der Waals surface area contributed by atoms with Gasteiger partial charge in [-0.15, -0.1) is 0 Å². The first-order chi connectivity index (χ1) is 7.31. The summed E-state index contributed by atoms with van der Waals surface area (Å²) in [5.74, 6) is 0. The van der Waals surface area contributed by atoms with Crippen LogP contribution >= 0.6 is 0 Å². The van der Waals surface area contributed by atoms with Crippen molar-refractivity contribution >= 4 is 0 Å². The van der Waals surface area contributed by atoms with Crippen LogP contribution in [0.15, 0.2) is 41.6 Å². The number of aromatic amines is 1. The molecule has 76 valence electrons. The van der Waals surface area contributed by atoms with Gasteiger partial charge in [0.15, 0.2) is 0 Å². The lowest BCUT2D eigenvalue weighted by molar-refractivity contribution is 1.10. The zero-order valence-corrected chi connectivity index (χ0v) is 8.53. The molecule has 0 aliphatic heterocycles. The van der Waals surface area contributed by atoms with E-state index in [1.807, 2.05) is 18.3 Å². The van der Waals surface area contributed by atoms with Crippen LogP contribution in [0.4, 0.5) is 0 Å². The third-order valence-electron chi connectivity index (χ3n) is 2.38. The summed E-state index contributed by atoms with van der Waals surface area (Å²) in [7, 11) is 0. The van der Waals surface area contributed by atoms with Crippen LogP contribution in [0.25, 0.3) is 11.1 Å². The van der Waals surface area contributed by atoms with Crippen molar-refractivity contribution in [1.82, 2.24) is 9.97 Å². The predicted octanol–water partition coefficient (Wildman–Crippen LogP) is 2.00. The molecular formula is C12H12N2O. The number of hydrogen-bond donors (Lipinski definition) is 1. The molecule has 3 nitrogen and oxygen atoms in total. The number of nitrogens with one attached hydrogen (secondary N) is 1. The smallest absolute Gasteiger partial charge is 0.247 e. The molecule has 1 N–H and O–H groups in total. The van der Waals surface area contributed by atoms with Crippen molar-refractivity contribution in [2.45, 2.75) is 13.3 Å². The molecule has 0 saturated carbocycles. The second-order valence-electron chi connectivity index (χ2n) is 3.33. The molecule has 0 amide bonds. The van der Waals surface area contributed by atoms with Crippen molar-refractivity contribution in [2.75, 3.05) is 0 Å². The topological polar surface area (TPSA) is 45.8 Å². The molecule has 0 saturated heterocycles. The lowest BCUT2D eigenvalue weighted by Gasteiger charge is -2.05. The monoisotopic (exact) mass is 200 g/mol. The molecule has 3 heteroatoms. The maximum Gasteiger partial charge on any atom is 0.247 e. The van der Waals surface area contributed by atoms with Gasteiger partial charge < -0.3 is 4.98 Å². The van der Waals surface area contributed by atoms with E-state index in [1.165, 1.54) is 11.6 Å². The summed E-state index contributed by atoms with van der Waals surface area (Å²) in [5, 5.41) is 0. The molecule has 0 unspecified atom stereocenters. The van der Waals surface area contributed by atoms with Gasteiger partial charge in [-0.05, 0) is 35.2 Å². The van der Waals surface area contributed by atoms with Crippen LogP contribution in [0.5, 0.6) is 0 Å². The standard InChI is InChI=1S/C12H12N2O/c1-2-9-7-13-6-5-11(9)10-3-4-12(15)14-8-10/h3-8H,2H2,1H3,(H,14,15). The van der Waals surface area contributed by atoms with E-state index in [1.54, 1.807) is 12.4 Å². The summed E-state index contributed by atoms with van der Waals surface area (Å²) >= 11 is 0. The molecule has 15 heavy (non-hydrogen) atoms. The Balaban J connectivity index is 2.53. The number of H-pyrrole nitrogens is 1. The number of aryl methyl sites for hydroxylation is 1. The van der Waals surface area contributed by atoms with Gasteiger partial charge in [0.1, 0.15) is 0 Å². The highest BCUT2D eigenvalue weighted by atomic mass is 16.1. The Morgan fingerprint density at radius 1 is 1.33 bits per heavy atom. The number of pyridine rings is 2. The zero-order chi connectivity index (χ0) is 10.7. The third kappa shape index (κ3) is 1.96. The Bertz CT molecular complexity index is 497. The average Bonchev–Trinajstić information content (AvgIpc) is 2.30. The number of rotatable bonds is 2. The fraction of sp³-hybridized carbons (Fsp3) is 0.167. The van der Waals surface area contributed by atoms with E-state index in [9.17, 15) is 4.79 Å². The van der Waals surface area contributed by atoms with Crippen molar-refractivity contribution in [2.24, 2.45) is 0 Å². The van der Waals surface area contributed by atoms with Crippen LogP contribution in [-0.4, -0.2) is 9.97 Å². The van der Waals surface area contributed by atoms with Crippen LogP contribution < -0.4 is 5.56 Å². The summed E-state index contributed by atoms with van der Waals surface area (Å²) in [6, 6.07) is 5.33. The van der Waals surface area contributed by atoms with Gasteiger partial charge in [0.25, 0.3) is 0 Å². The highest BCUT2D eigenvalue weighted by Crippen LogP contribution is 2.21. The molecule has 0 atom stereocenters. The van der Waals surface area contributed by atoms with E-state index in [2.05, 4.69) is 16.9 Å². The summed E-state index contributed by atoms with van der Waals surface area (Å²) in [5.41, 5.74) is 3.26. The van der Waals surface area contributed by atoms with E-state index in [4.69, 9.17) is 0 Å². The second-order valence-corrected chi connectivity index (χ2v) is 3.33. The minimum atomic E-state index is -0.0779. The molecule has 0 bridgehead atoms. The predicted molar refractivity (Wildman–Crippen MR) is 59.7 cm³/mol. The van der Waals surface area contributed by atoms with Gasteiger partial charge in [-0.25, -0.2) is 0 Å². The quantitative estimate of drug-likeness (QED) is 0.805. The summed E-state index contributed by atoms with van der Waals surface area (Å²) in [6.45, 7) is 2.09. The first-order valence-electron chi connectivity index (χ1n) is 4.93. The second kappa shape index (κ2) is 4.09. The Hall–Kier alpha value is -1.90. The van der Waals surface area contributed by atoms with Crippen LogP contribution in [0.3, 0.4) is 0 Å². The van der Waals surface area contributed by atoms with E-state index in [-0.39, 0.29) is 5.56 Å². The molecule has 0 fully saturated rings. The molecule has 2 heterocycles. The van der Waals surface area contributed by atoms with E-state index >= 15 is 0 Å². The first kappa shape index (κ1) is 9.65. The Morgan fingerprint density at radius 2 is 2.20 bits per heavy atom. The van der Waals surface area contributed by atoms with Gasteiger partial charge in [0.2, 0.25) is 5.56 Å². The highest BCUT2D eigenvalue weighted by molar-refractivity contribution is 5.65. The Kier molecular flexibility index (Phi) is 2.63. The van der Waals surface area contributed by atoms with Crippen molar-refractivity contribution in [3.63, 3.8) is 0 Å². The number of aromatic nitrogens is 2. The normalized spacial score (nSPS) is 10.2. The zero-order valence-electron chi connectivity index (χ0n) is 8.53. The minimum Gasteiger partial charge on any atom is -0.328 e. The molecule has 0 aliphatic carbocycles. The lowest BCUT2D eigenvalue weighted by atomic mass is 10.0. The molecule has 2 aromatic heterocycles. The van der Waals surface area contributed by atoms with E-state index < -0.39 is 0 Å². The number of nitrogens with zero attached hydrogens (tertiary/aromatic N) is 1. The van der Waals surface area contributed by atoms with Crippen LogP contribution in [0.1, 0.15) is 12.5 Å². The first-order valence-corrected chi connectivity index (χ1v) is 4.93. The molecule has 2 aromatic rings. The third-order valence-corrected chi connectivity index (χ3v) is 2.38. The van der Waals surface area contributed by atoms with Crippen LogP contribution in [0.2, 0.25) is 0 Å². The largest absolute Gasteiger partial charge is 0.328 e. The van der Waals surface area contributed by atoms with E-state index in [0.29, 0.717) is 0 Å².